The normalized spacial score (nSPS) is 12.0. The SMILES string of the molecule is CC(C)Nc1ncnc2[nH]cc(C(=O)c3c(F)ccc(NS(=O)(=O)N(C)C)c3F)c12. The van der Waals surface area contributed by atoms with Gasteiger partial charge in [0.15, 0.2) is 5.82 Å². The van der Waals surface area contributed by atoms with Crippen molar-refractivity contribution in [2.75, 3.05) is 24.1 Å². The van der Waals surface area contributed by atoms with Crippen molar-refractivity contribution < 1.29 is 22.0 Å². The Labute approximate surface area is 171 Å². The Morgan fingerprint density at radius 1 is 1.20 bits per heavy atom. The number of nitrogens with zero attached hydrogens (tertiary/aromatic N) is 3. The quantitative estimate of drug-likeness (QED) is 0.488. The van der Waals surface area contributed by atoms with Crippen LogP contribution in [-0.4, -0.2) is 53.6 Å². The van der Waals surface area contributed by atoms with Gasteiger partial charge in [-0.25, -0.2) is 18.7 Å². The minimum absolute atomic E-state index is 0.0295. The summed E-state index contributed by atoms with van der Waals surface area (Å²) < 4.78 is 56.3. The number of carbonyl (C=O) groups excluding carboxylic acids is 1. The van der Waals surface area contributed by atoms with Crippen LogP contribution in [0.3, 0.4) is 0 Å². The van der Waals surface area contributed by atoms with E-state index < -0.39 is 38.9 Å². The summed E-state index contributed by atoms with van der Waals surface area (Å²) in [6.45, 7) is 3.73. The molecule has 0 radical (unpaired) electrons. The molecule has 0 bridgehead atoms. The zero-order valence-electron chi connectivity index (χ0n) is 16.6. The average Bonchev–Trinajstić information content (AvgIpc) is 3.08. The summed E-state index contributed by atoms with van der Waals surface area (Å²) in [5.74, 6) is -3.11. The van der Waals surface area contributed by atoms with Crippen LogP contribution in [0.4, 0.5) is 20.3 Å². The van der Waals surface area contributed by atoms with E-state index in [1.54, 1.807) is 0 Å². The fourth-order valence-electron chi connectivity index (χ4n) is 2.73. The topological polar surface area (TPSA) is 120 Å². The molecule has 0 atom stereocenters. The third-order valence-corrected chi connectivity index (χ3v) is 5.62. The zero-order chi connectivity index (χ0) is 22.2. The monoisotopic (exact) mass is 438 g/mol. The number of halogens is 2. The number of rotatable bonds is 7. The molecule has 3 N–H and O–H groups in total. The molecule has 3 rings (SSSR count). The van der Waals surface area contributed by atoms with E-state index in [4.69, 9.17) is 0 Å². The number of nitrogens with one attached hydrogen (secondary N) is 3. The minimum atomic E-state index is -4.06. The largest absolute Gasteiger partial charge is 0.367 e. The number of anilines is 2. The van der Waals surface area contributed by atoms with Crippen molar-refractivity contribution in [3.8, 4) is 0 Å². The van der Waals surface area contributed by atoms with Crippen molar-refractivity contribution in [2.45, 2.75) is 19.9 Å². The predicted octanol–water partition coefficient (Wildman–Crippen LogP) is 2.51. The lowest BCUT2D eigenvalue weighted by atomic mass is 10.0. The van der Waals surface area contributed by atoms with Crippen molar-refractivity contribution in [3.05, 3.63) is 47.4 Å². The van der Waals surface area contributed by atoms with Gasteiger partial charge in [0, 0.05) is 26.3 Å². The van der Waals surface area contributed by atoms with Gasteiger partial charge in [0.25, 0.3) is 0 Å². The Balaban J connectivity index is 2.13. The van der Waals surface area contributed by atoms with Crippen molar-refractivity contribution >= 4 is 38.5 Å². The molecular formula is C18H20F2N6O3S. The Hall–Kier alpha value is -3.12. The number of H-pyrrole nitrogens is 1. The lowest BCUT2D eigenvalue weighted by Crippen LogP contribution is -2.29. The van der Waals surface area contributed by atoms with Crippen LogP contribution in [0.15, 0.2) is 24.7 Å². The highest BCUT2D eigenvalue weighted by Gasteiger charge is 2.27. The molecule has 0 aliphatic rings. The first-order valence-corrected chi connectivity index (χ1v) is 10.3. The first-order valence-electron chi connectivity index (χ1n) is 8.84. The molecule has 12 heteroatoms. The molecule has 30 heavy (non-hydrogen) atoms. The van der Waals surface area contributed by atoms with Gasteiger partial charge in [0.1, 0.15) is 23.6 Å². The molecule has 3 aromatic rings. The molecule has 0 aliphatic heterocycles. The summed E-state index contributed by atoms with van der Waals surface area (Å²) in [7, 11) is -1.58. The van der Waals surface area contributed by atoms with Gasteiger partial charge >= 0.3 is 10.2 Å². The Morgan fingerprint density at radius 2 is 1.90 bits per heavy atom. The van der Waals surface area contributed by atoms with E-state index in [2.05, 4.69) is 20.3 Å². The van der Waals surface area contributed by atoms with Crippen LogP contribution < -0.4 is 10.0 Å². The van der Waals surface area contributed by atoms with Gasteiger partial charge in [0.2, 0.25) is 5.78 Å². The standard InChI is InChI=1S/C18H20F2N6O3S/c1-9(2)24-18-13-10(7-21-17(13)22-8-23-18)16(27)14-11(19)5-6-12(15(14)20)25-30(28,29)26(3)4/h5-9,25H,1-4H3,(H2,21,22,23,24). The molecule has 0 unspecified atom stereocenters. The maximum absolute atomic E-state index is 15.0. The zero-order valence-corrected chi connectivity index (χ0v) is 17.4. The van der Waals surface area contributed by atoms with E-state index >= 15 is 4.39 Å². The molecule has 1 aromatic carbocycles. The molecule has 2 heterocycles. The predicted molar refractivity (Wildman–Crippen MR) is 109 cm³/mol. The van der Waals surface area contributed by atoms with E-state index in [9.17, 15) is 17.6 Å². The highest BCUT2D eigenvalue weighted by atomic mass is 32.2. The number of benzene rings is 1. The number of ketones is 1. The molecule has 0 aliphatic carbocycles. The molecule has 0 fully saturated rings. The number of hydrogen-bond donors (Lipinski definition) is 3. The van der Waals surface area contributed by atoms with Gasteiger partial charge in [-0.1, -0.05) is 0 Å². The van der Waals surface area contributed by atoms with Crippen LogP contribution in [0.1, 0.15) is 29.8 Å². The number of hydrogen-bond acceptors (Lipinski definition) is 6. The van der Waals surface area contributed by atoms with Gasteiger partial charge < -0.3 is 10.3 Å². The van der Waals surface area contributed by atoms with Crippen LogP contribution in [0.5, 0.6) is 0 Å². The minimum Gasteiger partial charge on any atom is -0.367 e. The Bertz CT molecular complexity index is 1220. The third kappa shape index (κ3) is 3.96. The Kier molecular flexibility index (Phi) is 5.72. The van der Waals surface area contributed by atoms with Gasteiger partial charge in [-0.15, -0.1) is 0 Å². The first-order chi connectivity index (χ1) is 14.0. The molecule has 0 saturated heterocycles. The average molecular weight is 438 g/mol. The number of aromatic amines is 1. The van der Waals surface area contributed by atoms with Crippen LogP contribution in [0.2, 0.25) is 0 Å². The molecule has 9 nitrogen and oxygen atoms in total. The van der Waals surface area contributed by atoms with E-state index in [1.807, 2.05) is 18.6 Å². The van der Waals surface area contributed by atoms with E-state index in [0.717, 1.165) is 16.4 Å². The van der Waals surface area contributed by atoms with Crippen molar-refractivity contribution in [1.29, 1.82) is 0 Å². The first kappa shape index (κ1) is 21.6. The summed E-state index contributed by atoms with van der Waals surface area (Å²) in [6, 6.07) is 1.70. The summed E-state index contributed by atoms with van der Waals surface area (Å²) >= 11 is 0. The lowest BCUT2D eigenvalue weighted by molar-refractivity contribution is 0.103. The molecule has 160 valence electrons. The second-order valence-electron chi connectivity index (χ2n) is 6.95. The van der Waals surface area contributed by atoms with Gasteiger partial charge in [-0.3, -0.25) is 9.52 Å². The summed E-state index contributed by atoms with van der Waals surface area (Å²) in [4.78, 5) is 24.0. The third-order valence-electron chi connectivity index (χ3n) is 4.18. The van der Waals surface area contributed by atoms with Crippen molar-refractivity contribution in [3.63, 3.8) is 0 Å². The second-order valence-corrected chi connectivity index (χ2v) is 8.83. The number of fused-ring (bicyclic) bond motifs is 1. The van der Waals surface area contributed by atoms with E-state index in [-0.39, 0.29) is 17.0 Å². The van der Waals surface area contributed by atoms with Crippen LogP contribution in [0, 0.1) is 11.6 Å². The molecular weight excluding hydrogens is 418 g/mol. The smallest absolute Gasteiger partial charge is 0.301 e. The molecule has 0 saturated carbocycles. The van der Waals surface area contributed by atoms with Crippen LogP contribution >= 0.6 is 0 Å². The van der Waals surface area contributed by atoms with Crippen LogP contribution in [0.25, 0.3) is 11.0 Å². The van der Waals surface area contributed by atoms with Crippen LogP contribution in [-0.2, 0) is 10.2 Å². The van der Waals surface area contributed by atoms with Gasteiger partial charge in [-0.2, -0.15) is 12.7 Å². The maximum Gasteiger partial charge on any atom is 0.301 e. The number of carbonyl (C=O) groups is 1. The molecule has 0 spiro atoms. The summed E-state index contributed by atoms with van der Waals surface area (Å²) in [5, 5.41) is 3.33. The fourth-order valence-corrected chi connectivity index (χ4v) is 3.35. The van der Waals surface area contributed by atoms with Crippen molar-refractivity contribution in [2.24, 2.45) is 0 Å². The van der Waals surface area contributed by atoms with Crippen molar-refractivity contribution in [1.82, 2.24) is 19.3 Å². The summed E-state index contributed by atoms with van der Waals surface area (Å²) in [5.41, 5.74) is -1.19. The van der Waals surface area contributed by atoms with E-state index in [0.29, 0.717) is 11.5 Å². The number of aromatic nitrogens is 3. The van der Waals surface area contributed by atoms with Gasteiger partial charge in [0.05, 0.1) is 22.2 Å². The Morgan fingerprint density at radius 3 is 2.53 bits per heavy atom. The van der Waals surface area contributed by atoms with E-state index in [1.165, 1.54) is 26.6 Å². The fraction of sp³-hybridized carbons (Fsp3) is 0.278. The van der Waals surface area contributed by atoms with Gasteiger partial charge in [-0.05, 0) is 26.0 Å². The second kappa shape index (κ2) is 7.95. The highest BCUT2D eigenvalue weighted by Crippen LogP contribution is 2.30. The summed E-state index contributed by atoms with van der Waals surface area (Å²) in [6.07, 6.45) is 2.57. The molecule has 2 aromatic heterocycles. The highest BCUT2D eigenvalue weighted by molar-refractivity contribution is 7.90. The molecule has 0 amide bonds. The lowest BCUT2D eigenvalue weighted by Gasteiger charge is -2.15. The maximum atomic E-state index is 15.0.